The minimum absolute atomic E-state index is 0.0846. The Kier molecular flexibility index (Phi) is 2.27. The maximum absolute atomic E-state index is 13.2. The lowest BCUT2D eigenvalue weighted by Crippen LogP contribution is -2.04. The highest BCUT2D eigenvalue weighted by Gasteiger charge is 2.18. The summed E-state index contributed by atoms with van der Waals surface area (Å²) < 4.78 is 38.6. The van der Waals surface area contributed by atoms with E-state index in [1.807, 2.05) is 0 Å². The molecule has 0 spiro atoms. The van der Waals surface area contributed by atoms with Gasteiger partial charge in [0.25, 0.3) is 0 Å². The van der Waals surface area contributed by atoms with Crippen molar-refractivity contribution in [3.05, 3.63) is 35.1 Å². The van der Waals surface area contributed by atoms with E-state index in [1.165, 1.54) is 6.07 Å². The summed E-state index contributed by atoms with van der Waals surface area (Å²) in [6, 6.07) is 2.16. The van der Waals surface area contributed by atoms with Gasteiger partial charge in [-0.15, -0.1) is 0 Å². The van der Waals surface area contributed by atoms with E-state index < -0.39 is 17.5 Å². The highest BCUT2D eigenvalue weighted by Crippen LogP contribution is 2.20. The summed E-state index contributed by atoms with van der Waals surface area (Å²) in [4.78, 5) is 4.03. The summed E-state index contributed by atoms with van der Waals surface area (Å²) in [6.45, 7) is 0.633. The molecule has 1 aromatic rings. The summed E-state index contributed by atoms with van der Waals surface area (Å²) >= 11 is 0. The van der Waals surface area contributed by atoms with Gasteiger partial charge >= 0.3 is 0 Å². The topological polar surface area (TPSA) is 12.4 Å². The van der Waals surface area contributed by atoms with Crippen molar-refractivity contribution in [2.45, 2.75) is 12.8 Å². The van der Waals surface area contributed by atoms with Crippen LogP contribution in [0.1, 0.15) is 18.4 Å². The van der Waals surface area contributed by atoms with Crippen LogP contribution in [0.2, 0.25) is 0 Å². The van der Waals surface area contributed by atoms with Gasteiger partial charge in [-0.05, 0) is 25.0 Å². The monoisotopic (exact) mass is 199 g/mol. The van der Waals surface area contributed by atoms with Gasteiger partial charge in [0.15, 0.2) is 17.5 Å². The van der Waals surface area contributed by atoms with Crippen molar-refractivity contribution in [1.82, 2.24) is 0 Å². The Bertz CT molecular complexity index is 399. The van der Waals surface area contributed by atoms with Crippen molar-refractivity contribution in [2.24, 2.45) is 4.99 Å². The van der Waals surface area contributed by atoms with Crippen LogP contribution in [0.5, 0.6) is 0 Å². The normalized spacial score (nSPS) is 15.8. The van der Waals surface area contributed by atoms with Crippen molar-refractivity contribution in [3.8, 4) is 0 Å². The average Bonchev–Trinajstić information content (AvgIpc) is 2.67. The van der Waals surface area contributed by atoms with Crippen molar-refractivity contribution in [3.63, 3.8) is 0 Å². The Morgan fingerprint density at radius 1 is 1.07 bits per heavy atom. The van der Waals surface area contributed by atoms with E-state index in [2.05, 4.69) is 4.99 Å². The first-order valence-electron chi connectivity index (χ1n) is 4.37. The molecule has 1 aliphatic heterocycles. The molecule has 74 valence electrons. The zero-order valence-corrected chi connectivity index (χ0v) is 7.36. The molecule has 1 aromatic carbocycles. The SMILES string of the molecule is Fc1ccc(C2=NCCC2)c(F)c1F. The molecule has 0 unspecified atom stereocenters. The van der Waals surface area contributed by atoms with Crippen LogP contribution >= 0.6 is 0 Å². The van der Waals surface area contributed by atoms with Gasteiger partial charge in [-0.3, -0.25) is 4.99 Å². The van der Waals surface area contributed by atoms with Crippen LogP contribution < -0.4 is 0 Å². The van der Waals surface area contributed by atoms with Crippen LogP contribution in [0.3, 0.4) is 0 Å². The van der Waals surface area contributed by atoms with Crippen LogP contribution in [0.15, 0.2) is 17.1 Å². The smallest absolute Gasteiger partial charge is 0.195 e. The largest absolute Gasteiger partial charge is 0.289 e. The van der Waals surface area contributed by atoms with Gasteiger partial charge in [-0.2, -0.15) is 0 Å². The van der Waals surface area contributed by atoms with Gasteiger partial charge in [0.05, 0.1) is 0 Å². The highest BCUT2D eigenvalue weighted by atomic mass is 19.2. The molecule has 1 nitrogen and oxygen atoms in total. The van der Waals surface area contributed by atoms with Crippen LogP contribution in [-0.2, 0) is 0 Å². The Morgan fingerprint density at radius 3 is 2.50 bits per heavy atom. The fourth-order valence-electron chi connectivity index (χ4n) is 1.51. The molecule has 0 bridgehead atoms. The second-order valence-corrected chi connectivity index (χ2v) is 3.15. The molecule has 0 aliphatic carbocycles. The Morgan fingerprint density at radius 2 is 1.86 bits per heavy atom. The van der Waals surface area contributed by atoms with Gasteiger partial charge in [-0.1, -0.05) is 0 Å². The Labute approximate surface area is 79.3 Å². The molecule has 0 saturated carbocycles. The van der Waals surface area contributed by atoms with Crippen molar-refractivity contribution < 1.29 is 13.2 Å². The molecule has 0 N–H and O–H groups in total. The van der Waals surface area contributed by atoms with Gasteiger partial charge in [0, 0.05) is 17.8 Å². The van der Waals surface area contributed by atoms with E-state index in [0.29, 0.717) is 18.7 Å². The van der Waals surface area contributed by atoms with Crippen LogP contribution in [0.25, 0.3) is 0 Å². The summed E-state index contributed by atoms with van der Waals surface area (Å²) in [6.07, 6.45) is 1.47. The summed E-state index contributed by atoms with van der Waals surface area (Å²) in [5, 5.41) is 0. The molecule has 0 atom stereocenters. The van der Waals surface area contributed by atoms with Crippen molar-refractivity contribution in [2.75, 3.05) is 6.54 Å². The minimum atomic E-state index is -1.42. The van der Waals surface area contributed by atoms with E-state index in [-0.39, 0.29) is 5.56 Å². The third kappa shape index (κ3) is 1.41. The molecule has 1 heterocycles. The molecule has 4 heteroatoms. The quantitative estimate of drug-likeness (QED) is 0.616. The molecular formula is C10H8F3N. The third-order valence-corrected chi connectivity index (χ3v) is 2.22. The summed E-state index contributed by atoms with van der Waals surface area (Å²) in [7, 11) is 0. The molecule has 2 rings (SSSR count). The maximum Gasteiger partial charge on any atom is 0.195 e. The predicted octanol–water partition coefficient (Wildman–Crippen LogP) is 2.69. The number of hydrogen-bond donors (Lipinski definition) is 0. The van der Waals surface area contributed by atoms with E-state index >= 15 is 0 Å². The lowest BCUT2D eigenvalue weighted by Gasteiger charge is -2.03. The first-order valence-corrected chi connectivity index (χ1v) is 4.37. The van der Waals surface area contributed by atoms with E-state index in [1.54, 1.807) is 0 Å². The van der Waals surface area contributed by atoms with E-state index in [0.717, 1.165) is 12.5 Å². The number of benzene rings is 1. The minimum Gasteiger partial charge on any atom is -0.289 e. The van der Waals surface area contributed by atoms with Crippen LogP contribution in [0.4, 0.5) is 13.2 Å². The van der Waals surface area contributed by atoms with Gasteiger partial charge in [0.1, 0.15) is 0 Å². The van der Waals surface area contributed by atoms with Gasteiger partial charge in [0.2, 0.25) is 0 Å². The fraction of sp³-hybridized carbons (Fsp3) is 0.300. The third-order valence-electron chi connectivity index (χ3n) is 2.22. The lowest BCUT2D eigenvalue weighted by atomic mass is 10.1. The molecule has 0 aromatic heterocycles. The molecular weight excluding hydrogens is 191 g/mol. The number of nitrogens with zero attached hydrogens (tertiary/aromatic N) is 1. The Balaban J connectivity index is 2.49. The summed E-state index contributed by atoms with van der Waals surface area (Å²) in [5.74, 6) is -3.72. The predicted molar refractivity (Wildman–Crippen MR) is 47.0 cm³/mol. The van der Waals surface area contributed by atoms with E-state index in [9.17, 15) is 13.2 Å². The second-order valence-electron chi connectivity index (χ2n) is 3.15. The highest BCUT2D eigenvalue weighted by molar-refractivity contribution is 6.01. The molecule has 0 radical (unpaired) electrons. The van der Waals surface area contributed by atoms with Crippen molar-refractivity contribution >= 4 is 5.71 Å². The zero-order chi connectivity index (χ0) is 10.1. The van der Waals surface area contributed by atoms with Gasteiger partial charge < -0.3 is 0 Å². The first kappa shape index (κ1) is 9.24. The first-order chi connectivity index (χ1) is 6.70. The lowest BCUT2D eigenvalue weighted by molar-refractivity contribution is 0.446. The molecule has 1 aliphatic rings. The standard InChI is InChI=1S/C10H8F3N/c11-7-4-3-6(9(12)10(7)13)8-2-1-5-14-8/h3-4H,1-2,5H2. The number of aliphatic imine (C=N–C) groups is 1. The number of rotatable bonds is 1. The average molecular weight is 199 g/mol. The molecule has 0 fully saturated rings. The van der Waals surface area contributed by atoms with Crippen LogP contribution in [-0.4, -0.2) is 12.3 Å². The Hall–Kier alpha value is -1.32. The summed E-state index contributed by atoms with van der Waals surface area (Å²) in [5.41, 5.74) is 0.614. The second kappa shape index (κ2) is 3.44. The number of hydrogen-bond acceptors (Lipinski definition) is 1. The van der Waals surface area contributed by atoms with Crippen molar-refractivity contribution in [1.29, 1.82) is 0 Å². The van der Waals surface area contributed by atoms with Crippen LogP contribution in [0, 0.1) is 17.5 Å². The van der Waals surface area contributed by atoms with Gasteiger partial charge in [-0.25, -0.2) is 13.2 Å². The molecule has 14 heavy (non-hydrogen) atoms. The maximum atomic E-state index is 13.2. The number of halogens is 3. The fourth-order valence-corrected chi connectivity index (χ4v) is 1.51. The van der Waals surface area contributed by atoms with E-state index in [4.69, 9.17) is 0 Å². The zero-order valence-electron chi connectivity index (χ0n) is 7.36. The molecule has 0 saturated heterocycles. The molecule has 0 amide bonds.